The molecule has 2 aromatic rings. The van der Waals surface area contributed by atoms with Gasteiger partial charge in [-0.25, -0.2) is 0 Å². The summed E-state index contributed by atoms with van der Waals surface area (Å²) in [4.78, 5) is 16.7. The molecule has 7 heteroatoms. The van der Waals surface area contributed by atoms with Crippen molar-refractivity contribution in [2.24, 2.45) is 4.99 Å². The van der Waals surface area contributed by atoms with E-state index in [9.17, 15) is 4.79 Å². The van der Waals surface area contributed by atoms with Crippen LogP contribution >= 0.6 is 24.0 Å². The van der Waals surface area contributed by atoms with Crippen molar-refractivity contribution in [3.63, 3.8) is 0 Å². The molecule has 0 spiro atoms. The van der Waals surface area contributed by atoms with Gasteiger partial charge in [-0.3, -0.25) is 9.79 Å². The molecule has 0 aliphatic heterocycles. The molecule has 152 valence electrons. The van der Waals surface area contributed by atoms with Crippen LogP contribution in [0.5, 0.6) is 5.75 Å². The van der Waals surface area contributed by atoms with Crippen LogP contribution in [0.15, 0.2) is 59.6 Å². The first-order chi connectivity index (χ1) is 13.1. The van der Waals surface area contributed by atoms with Crippen LogP contribution in [0.25, 0.3) is 0 Å². The molecular formula is C21H29IN4O2. The molecule has 1 amide bonds. The smallest absolute Gasteiger partial charge is 0.251 e. The largest absolute Gasteiger partial charge is 0.497 e. The zero-order valence-corrected chi connectivity index (χ0v) is 18.9. The van der Waals surface area contributed by atoms with E-state index in [2.05, 4.69) is 40.0 Å². The lowest BCUT2D eigenvalue weighted by atomic mass is 10.1. The molecule has 0 saturated carbocycles. The van der Waals surface area contributed by atoms with Crippen molar-refractivity contribution in [1.29, 1.82) is 0 Å². The normalized spacial score (nSPS) is 11.8. The Labute approximate surface area is 184 Å². The number of guanidine groups is 1. The predicted molar refractivity (Wildman–Crippen MR) is 125 cm³/mol. The number of benzene rings is 2. The highest BCUT2D eigenvalue weighted by molar-refractivity contribution is 14.0. The Kier molecular flexibility index (Phi) is 11.0. The molecule has 0 heterocycles. The van der Waals surface area contributed by atoms with Gasteiger partial charge in [0.25, 0.3) is 5.91 Å². The van der Waals surface area contributed by atoms with Gasteiger partial charge < -0.3 is 20.7 Å². The summed E-state index contributed by atoms with van der Waals surface area (Å²) < 4.78 is 5.14. The zero-order chi connectivity index (χ0) is 19.5. The maximum Gasteiger partial charge on any atom is 0.251 e. The molecule has 0 aliphatic rings. The summed E-state index contributed by atoms with van der Waals surface area (Å²) in [6.45, 7) is 5.81. The fourth-order valence-corrected chi connectivity index (χ4v) is 2.55. The summed E-state index contributed by atoms with van der Waals surface area (Å²) in [5.41, 5.74) is 1.76. The number of hydrogen-bond acceptors (Lipinski definition) is 3. The number of ether oxygens (including phenoxy) is 1. The van der Waals surface area contributed by atoms with Crippen LogP contribution in [0.4, 0.5) is 0 Å². The van der Waals surface area contributed by atoms with Gasteiger partial charge >= 0.3 is 0 Å². The highest BCUT2D eigenvalue weighted by atomic mass is 127. The maximum atomic E-state index is 12.2. The number of carbonyl (C=O) groups excluding carboxylic acids is 1. The third-order valence-electron chi connectivity index (χ3n) is 4.00. The van der Waals surface area contributed by atoms with Gasteiger partial charge in [-0.05, 0) is 37.6 Å². The molecule has 0 saturated heterocycles. The second-order valence-corrected chi connectivity index (χ2v) is 6.03. The molecule has 1 unspecified atom stereocenters. The summed E-state index contributed by atoms with van der Waals surface area (Å²) in [5.74, 6) is 1.25. The monoisotopic (exact) mass is 496 g/mol. The number of methoxy groups -OCH3 is 1. The summed E-state index contributed by atoms with van der Waals surface area (Å²) in [7, 11) is 1.58. The molecule has 6 nitrogen and oxygen atoms in total. The quantitative estimate of drug-likeness (QED) is 0.227. The number of nitrogens with one attached hydrogen (secondary N) is 3. The Morgan fingerprint density at radius 3 is 2.54 bits per heavy atom. The SMILES string of the molecule is CCNC(=NCCNC(=O)c1cccc(OC)c1)NC(C)c1ccccc1.I. The van der Waals surface area contributed by atoms with Crippen molar-refractivity contribution >= 4 is 35.8 Å². The van der Waals surface area contributed by atoms with Crippen LogP contribution in [0.1, 0.15) is 35.8 Å². The molecular weight excluding hydrogens is 467 g/mol. The molecule has 0 fully saturated rings. The number of carbonyl (C=O) groups is 1. The molecule has 0 radical (unpaired) electrons. The summed E-state index contributed by atoms with van der Waals surface area (Å²) in [6, 6.07) is 17.4. The molecule has 3 N–H and O–H groups in total. The summed E-state index contributed by atoms with van der Waals surface area (Å²) in [6.07, 6.45) is 0. The fraction of sp³-hybridized carbons (Fsp3) is 0.333. The Bertz CT molecular complexity index is 753. The van der Waals surface area contributed by atoms with E-state index in [1.807, 2.05) is 31.2 Å². The number of amides is 1. The summed E-state index contributed by atoms with van der Waals surface area (Å²) in [5, 5.41) is 9.48. The van der Waals surface area contributed by atoms with Gasteiger partial charge in [-0.1, -0.05) is 36.4 Å². The van der Waals surface area contributed by atoms with E-state index in [0.29, 0.717) is 24.4 Å². The topological polar surface area (TPSA) is 74.8 Å². The summed E-state index contributed by atoms with van der Waals surface area (Å²) >= 11 is 0. The lowest BCUT2D eigenvalue weighted by molar-refractivity contribution is 0.0954. The van der Waals surface area contributed by atoms with Crippen LogP contribution in [0.2, 0.25) is 0 Å². The van der Waals surface area contributed by atoms with Gasteiger partial charge in [0.2, 0.25) is 0 Å². The number of nitrogens with zero attached hydrogens (tertiary/aromatic N) is 1. The van der Waals surface area contributed by atoms with Gasteiger partial charge in [0, 0.05) is 18.7 Å². The molecule has 0 bridgehead atoms. The average molecular weight is 496 g/mol. The van der Waals surface area contributed by atoms with Gasteiger partial charge in [-0.15, -0.1) is 24.0 Å². The standard InChI is InChI=1S/C21H28N4O2.HI/c1-4-22-21(25-16(2)17-9-6-5-7-10-17)24-14-13-23-20(26)18-11-8-12-19(15-18)27-3;/h5-12,15-16H,4,13-14H2,1-3H3,(H,23,26)(H2,22,24,25);1H. The van der Waals surface area contributed by atoms with Crippen LogP contribution in [-0.2, 0) is 0 Å². The van der Waals surface area contributed by atoms with Crippen LogP contribution in [-0.4, -0.2) is 38.6 Å². The van der Waals surface area contributed by atoms with Crippen molar-refractivity contribution < 1.29 is 9.53 Å². The van der Waals surface area contributed by atoms with E-state index < -0.39 is 0 Å². The Balaban J connectivity index is 0.00000392. The minimum atomic E-state index is -0.139. The Hall–Kier alpha value is -2.29. The third kappa shape index (κ3) is 7.75. The van der Waals surface area contributed by atoms with Gasteiger partial charge in [0.05, 0.1) is 19.7 Å². The highest BCUT2D eigenvalue weighted by Gasteiger charge is 2.08. The van der Waals surface area contributed by atoms with Crippen LogP contribution in [0.3, 0.4) is 0 Å². The second-order valence-electron chi connectivity index (χ2n) is 6.03. The molecule has 1 atom stereocenters. The minimum Gasteiger partial charge on any atom is -0.497 e. The van der Waals surface area contributed by atoms with Crippen molar-refractivity contribution in [2.75, 3.05) is 26.7 Å². The van der Waals surface area contributed by atoms with Gasteiger partial charge in [-0.2, -0.15) is 0 Å². The van der Waals surface area contributed by atoms with E-state index in [1.165, 1.54) is 5.56 Å². The Morgan fingerprint density at radius 1 is 1.11 bits per heavy atom. The lowest BCUT2D eigenvalue weighted by Gasteiger charge is -2.18. The number of halogens is 1. The second kappa shape index (κ2) is 13.0. The van der Waals surface area contributed by atoms with Crippen LogP contribution < -0.4 is 20.7 Å². The molecule has 0 aromatic heterocycles. The molecule has 2 aromatic carbocycles. The van der Waals surface area contributed by atoms with E-state index in [0.717, 1.165) is 12.5 Å². The third-order valence-corrected chi connectivity index (χ3v) is 4.00. The van der Waals surface area contributed by atoms with E-state index >= 15 is 0 Å². The zero-order valence-electron chi connectivity index (χ0n) is 16.6. The number of aliphatic imine (C=N–C) groups is 1. The first kappa shape index (κ1) is 23.7. The number of hydrogen-bond donors (Lipinski definition) is 3. The molecule has 2 rings (SSSR count). The van der Waals surface area contributed by atoms with E-state index in [-0.39, 0.29) is 35.9 Å². The van der Waals surface area contributed by atoms with Gasteiger partial charge in [0.15, 0.2) is 5.96 Å². The van der Waals surface area contributed by atoms with Crippen LogP contribution in [0, 0.1) is 0 Å². The van der Waals surface area contributed by atoms with Crippen molar-refractivity contribution in [2.45, 2.75) is 19.9 Å². The van der Waals surface area contributed by atoms with Crippen molar-refractivity contribution in [3.05, 3.63) is 65.7 Å². The van der Waals surface area contributed by atoms with Crippen molar-refractivity contribution in [1.82, 2.24) is 16.0 Å². The lowest BCUT2D eigenvalue weighted by Crippen LogP contribution is -2.39. The average Bonchev–Trinajstić information content (AvgIpc) is 2.71. The highest BCUT2D eigenvalue weighted by Crippen LogP contribution is 2.12. The van der Waals surface area contributed by atoms with Gasteiger partial charge in [0.1, 0.15) is 5.75 Å². The molecule has 0 aliphatic carbocycles. The molecule has 28 heavy (non-hydrogen) atoms. The minimum absolute atomic E-state index is 0. The van der Waals surface area contributed by atoms with E-state index in [1.54, 1.807) is 25.3 Å². The number of rotatable bonds is 8. The maximum absolute atomic E-state index is 12.2. The first-order valence-corrected chi connectivity index (χ1v) is 9.16. The van der Waals surface area contributed by atoms with Crippen molar-refractivity contribution in [3.8, 4) is 5.75 Å². The fourth-order valence-electron chi connectivity index (χ4n) is 2.55. The predicted octanol–water partition coefficient (Wildman–Crippen LogP) is 3.36. The van der Waals surface area contributed by atoms with E-state index in [4.69, 9.17) is 4.74 Å². The Morgan fingerprint density at radius 2 is 1.86 bits per heavy atom. The first-order valence-electron chi connectivity index (χ1n) is 9.16.